The van der Waals surface area contributed by atoms with Crippen LogP contribution in [-0.2, 0) is 14.0 Å². The maximum Gasteiger partial charge on any atom is 0.329 e. The first-order chi connectivity index (χ1) is 13.6. The fourth-order valence-corrected chi connectivity index (χ4v) is 5.50. The SMILES string of the molecule is CCCCCCCCCC(CCCCCC)C1(C2(OP(O)O)CCO2)CCO1. The zero-order valence-electron chi connectivity index (χ0n) is 18.2. The van der Waals surface area contributed by atoms with Crippen LogP contribution in [0.25, 0.3) is 0 Å². The van der Waals surface area contributed by atoms with Gasteiger partial charge in [-0.1, -0.05) is 84.5 Å². The molecule has 166 valence electrons. The molecule has 2 rings (SSSR count). The Morgan fingerprint density at radius 3 is 1.64 bits per heavy atom. The van der Waals surface area contributed by atoms with Crippen LogP contribution in [0.15, 0.2) is 0 Å². The van der Waals surface area contributed by atoms with E-state index in [1.165, 1.54) is 70.6 Å². The van der Waals surface area contributed by atoms with Crippen LogP contribution in [0.3, 0.4) is 0 Å². The molecule has 5 nitrogen and oxygen atoms in total. The van der Waals surface area contributed by atoms with E-state index in [1.54, 1.807) is 0 Å². The Morgan fingerprint density at radius 2 is 1.25 bits per heavy atom. The average molecular weight is 419 g/mol. The molecule has 2 aliphatic heterocycles. The standard InChI is InChI=1S/C22H43O5P/c1-3-5-7-9-10-11-13-15-20(14-12-8-6-4-2)21(16-18-25-21)22(17-19-26-22)27-28(23)24/h20,23-24H,3-19H2,1-2H3. The Balaban J connectivity index is 1.93. The normalized spacial score (nSPS) is 28.2. The molecule has 3 unspecified atom stereocenters. The lowest BCUT2D eigenvalue weighted by atomic mass is 9.68. The molecule has 0 amide bonds. The summed E-state index contributed by atoms with van der Waals surface area (Å²) in [5.74, 6) is -0.583. The zero-order chi connectivity index (χ0) is 20.3. The van der Waals surface area contributed by atoms with Crippen molar-refractivity contribution in [2.75, 3.05) is 13.2 Å². The summed E-state index contributed by atoms with van der Waals surface area (Å²) < 4.78 is 17.6. The van der Waals surface area contributed by atoms with E-state index in [4.69, 9.17) is 14.0 Å². The number of unbranched alkanes of at least 4 members (excludes halogenated alkanes) is 9. The van der Waals surface area contributed by atoms with Crippen molar-refractivity contribution in [2.45, 2.75) is 122 Å². The van der Waals surface area contributed by atoms with E-state index in [0.717, 1.165) is 19.3 Å². The highest BCUT2D eigenvalue weighted by Gasteiger charge is 2.66. The van der Waals surface area contributed by atoms with E-state index in [1.807, 2.05) is 0 Å². The molecule has 0 saturated carbocycles. The number of hydrogen-bond donors (Lipinski definition) is 2. The third-order valence-corrected chi connectivity index (χ3v) is 7.15. The van der Waals surface area contributed by atoms with Crippen LogP contribution in [0.4, 0.5) is 0 Å². The minimum Gasteiger partial charge on any atom is -0.369 e. The van der Waals surface area contributed by atoms with Gasteiger partial charge in [-0.15, -0.1) is 0 Å². The van der Waals surface area contributed by atoms with Gasteiger partial charge in [0.05, 0.1) is 13.2 Å². The van der Waals surface area contributed by atoms with Gasteiger partial charge in [0.2, 0.25) is 5.79 Å². The van der Waals surface area contributed by atoms with Gasteiger partial charge in [-0.2, -0.15) is 0 Å². The Bertz CT molecular complexity index is 410. The van der Waals surface area contributed by atoms with Crippen LogP contribution in [0.5, 0.6) is 0 Å². The Labute approximate surface area is 173 Å². The summed E-state index contributed by atoms with van der Waals surface area (Å²) in [4.78, 5) is 19.1. The molecule has 28 heavy (non-hydrogen) atoms. The molecule has 2 heterocycles. The second-order valence-corrected chi connectivity index (χ2v) is 9.33. The molecule has 0 aromatic heterocycles. The summed E-state index contributed by atoms with van der Waals surface area (Å²) >= 11 is 0. The molecule has 3 atom stereocenters. The van der Waals surface area contributed by atoms with Crippen molar-refractivity contribution in [3.05, 3.63) is 0 Å². The van der Waals surface area contributed by atoms with Gasteiger partial charge in [-0.25, -0.2) is 0 Å². The first-order valence-electron chi connectivity index (χ1n) is 11.7. The minimum absolute atomic E-state index is 0.365. The van der Waals surface area contributed by atoms with Crippen molar-refractivity contribution in [3.8, 4) is 0 Å². The van der Waals surface area contributed by atoms with Gasteiger partial charge in [-0.3, -0.25) is 4.52 Å². The fourth-order valence-electron chi connectivity index (χ4n) is 4.93. The maximum atomic E-state index is 9.54. The summed E-state index contributed by atoms with van der Waals surface area (Å²) in [5.41, 5.74) is -0.494. The summed E-state index contributed by atoms with van der Waals surface area (Å²) in [6.07, 6.45) is 17.9. The molecule has 0 aromatic rings. The Hall–Kier alpha value is 0.230. The molecule has 0 bridgehead atoms. The van der Waals surface area contributed by atoms with E-state index < -0.39 is 20.0 Å². The summed E-state index contributed by atoms with van der Waals surface area (Å²) in [6, 6.07) is 0. The second-order valence-electron chi connectivity index (χ2n) is 8.64. The van der Waals surface area contributed by atoms with Crippen LogP contribution in [0, 0.1) is 5.92 Å². The summed E-state index contributed by atoms with van der Waals surface area (Å²) in [7, 11) is -2.45. The second kappa shape index (κ2) is 12.8. The smallest absolute Gasteiger partial charge is 0.329 e. The van der Waals surface area contributed by atoms with Crippen molar-refractivity contribution in [3.63, 3.8) is 0 Å². The topological polar surface area (TPSA) is 68.2 Å². The van der Waals surface area contributed by atoms with Crippen molar-refractivity contribution >= 4 is 8.60 Å². The van der Waals surface area contributed by atoms with E-state index in [9.17, 15) is 9.79 Å². The van der Waals surface area contributed by atoms with Gasteiger partial charge in [-0.05, 0) is 18.8 Å². The van der Waals surface area contributed by atoms with Gasteiger partial charge in [0, 0.05) is 12.8 Å². The number of hydrogen-bond acceptors (Lipinski definition) is 5. The largest absolute Gasteiger partial charge is 0.369 e. The Morgan fingerprint density at radius 1 is 0.786 bits per heavy atom. The lowest BCUT2D eigenvalue weighted by Gasteiger charge is -2.61. The van der Waals surface area contributed by atoms with Crippen LogP contribution in [0.2, 0.25) is 0 Å². The highest BCUT2D eigenvalue weighted by Crippen LogP contribution is 2.57. The molecule has 2 fully saturated rings. The van der Waals surface area contributed by atoms with Crippen LogP contribution in [0.1, 0.15) is 110 Å². The minimum atomic E-state index is -2.45. The monoisotopic (exact) mass is 418 g/mol. The van der Waals surface area contributed by atoms with Crippen LogP contribution >= 0.6 is 8.60 Å². The summed E-state index contributed by atoms with van der Waals surface area (Å²) in [5, 5.41) is 0. The lowest BCUT2D eigenvalue weighted by molar-refractivity contribution is -0.402. The van der Waals surface area contributed by atoms with Crippen molar-refractivity contribution < 1.29 is 23.8 Å². The molecular formula is C22H43O5P. The van der Waals surface area contributed by atoms with Gasteiger partial charge in [0.25, 0.3) is 0 Å². The number of rotatable bonds is 17. The van der Waals surface area contributed by atoms with Gasteiger partial charge >= 0.3 is 8.60 Å². The van der Waals surface area contributed by atoms with E-state index in [-0.39, 0.29) is 0 Å². The molecule has 2 saturated heterocycles. The zero-order valence-corrected chi connectivity index (χ0v) is 19.1. The molecule has 0 aromatic carbocycles. The van der Waals surface area contributed by atoms with E-state index >= 15 is 0 Å². The molecule has 2 N–H and O–H groups in total. The molecule has 6 heteroatoms. The predicted octanol–water partition coefficient (Wildman–Crippen LogP) is 6.22. The van der Waals surface area contributed by atoms with Gasteiger partial charge < -0.3 is 19.3 Å². The third kappa shape index (κ3) is 6.36. The first-order valence-corrected chi connectivity index (χ1v) is 12.9. The highest BCUT2D eigenvalue weighted by molar-refractivity contribution is 7.39. The van der Waals surface area contributed by atoms with Crippen molar-refractivity contribution in [2.24, 2.45) is 5.92 Å². The predicted molar refractivity (Wildman–Crippen MR) is 114 cm³/mol. The average Bonchev–Trinajstić information content (AvgIpc) is 2.60. The maximum absolute atomic E-state index is 9.54. The Kier molecular flexibility index (Phi) is 11.2. The molecular weight excluding hydrogens is 375 g/mol. The first kappa shape index (κ1) is 24.5. The van der Waals surface area contributed by atoms with E-state index in [0.29, 0.717) is 25.6 Å². The lowest BCUT2D eigenvalue weighted by Crippen LogP contribution is -2.71. The highest BCUT2D eigenvalue weighted by atomic mass is 31.2. The van der Waals surface area contributed by atoms with Crippen LogP contribution in [-0.4, -0.2) is 34.4 Å². The molecule has 0 spiro atoms. The van der Waals surface area contributed by atoms with Gasteiger partial charge in [0.15, 0.2) is 0 Å². The molecule has 2 aliphatic rings. The third-order valence-electron chi connectivity index (χ3n) is 6.70. The van der Waals surface area contributed by atoms with Crippen molar-refractivity contribution in [1.82, 2.24) is 0 Å². The quantitative estimate of drug-likeness (QED) is 0.217. The van der Waals surface area contributed by atoms with Gasteiger partial charge in [0.1, 0.15) is 5.60 Å². The number of ether oxygens (including phenoxy) is 2. The van der Waals surface area contributed by atoms with E-state index in [2.05, 4.69) is 13.8 Å². The van der Waals surface area contributed by atoms with Crippen molar-refractivity contribution in [1.29, 1.82) is 0 Å². The summed E-state index contributed by atoms with van der Waals surface area (Å²) in [6.45, 7) is 5.81. The molecule has 0 aliphatic carbocycles. The van der Waals surface area contributed by atoms with Crippen LogP contribution < -0.4 is 0 Å². The fraction of sp³-hybridized carbons (Fsp3) is 1.00. The molecule has 0 radical (unpaired) electrons.